The summed E-state index contributed by atoms with van der Waals surface area (Å²) in [5.41, 5.74) is -2.68. The van der Waals surface area contributed by atoms with Crippen LogP contribution >= 0.6 is 0 Å². The Hall–Kier alpha value is -0.740. The standard InChI is InChI=1S/C5H5F3O2/c6-4(3(9)10)1-5(7,8)2-4/h1-2H2,(H,9,10). The molecule has 5 heteroatoms. The average molecular weight is 154 g/mol. The lowest BCUT2D eigenvalue weighted by Crippen LogP contribution is -2.53. The van der Waals surface area contributed by atoms with Crippen molar-refractivity contribution in [2.24, 2.45) is 0 Å². The van der Waals surface area contributed by atoms with Crippen LogP contribution < -0.4 is 0 Å². The summed E-state index contributed by atoms with van der Waals surface area (Å²) >= 11 is 0. The quantitative estimate of drug-likeness (QED) is 0.616. The Labute approximate surface area is 54.6 Å². The predicted molar refractivity (Wildman–Crippen MR) is 25.7 cm³/mol. The van der Waals surface area contributed by atoms with Gasteiger partial charge in [-0.2, -0.15) is 0 Å². The molecule has 1 saturated carbocycles. The van der Waals surface area contributed by atoms with Crippen molar-refractivity contribution in [1.29, 1.82) is 0 Å². The molecule has 0 aromatic heterocycles. The first kappa shape index (κ1) is 7.37. The molecule has 1 rings (SSSR count). The summed E-state index contributed by atoms with van der Waals surface area (Å²) in [6, 6.07) is 0. The van der Waals surface area contributed by atoms with Gasteiger partial charge in [0.15, 0.2) is 0 Å². The molecule has 0 heterocycles. The van der Waals surface area contributed by atoms with Gasteiger partial charge in [-0.25, -0.2) is 18.0 Å². The number of hydrogen-bond donors (Lipinski definition) is 1. The van der Waals surface area contributed by atoms with Gasteiger partial charge in [0.2, 0.25) is 5.67 Å². The van der Waals surface area contributed by atoms with Crippen molar-refractivity contribution in [3.63, 3.8) is 0 Å². The molecule has 0 bridgehead atoms. The number of alkyl halides is 3. The molecule has 0 spiro atoms. The third-order valence-electron chi connectivity index (χ3n) is 1.46. The van der Waals surface area contributed by atoms with Crippen molar-refractivity contribution in [3.05, 3.63) is 0 Å². The van der Waals surface area contributed by atoms with Gasteiger partial charge in [0.1, 0.15) is 0 Å². The van der Waals surface area contributed by atoms with Gasteiger partial charge in [0.25, 0.3) is 5.92 Å². The molecule has 0 aromatic rings. The van der Waals surface area contributed by atoms with E-state index in [4.69, 9.17) is 5.11 Å². The van der Waals surface area contributed by atoms with E-state index in [1.54, 1.807) is 0 Å². The lowest BCUT2D eigenvalue weighted by molar-refractivity contribution is -0.197. The molecule has 1 aliphatic rings. The second kappa shape index (κ2) is 1.65. The van der Waals surface area contributed by atoms with Gasteiger partial charge in [0, 0.05) is 0 Å². The molecule has 1 fully saturated rings. The Balaban J connectivity index is 2.58. The van der Waals surface area contributed by atoms with Crippen LogP contribution in [0.1, 0.15) is 12.8 Å². The number of carboxylic acid groups (broad SMARTS) is 1. The van der Waals surface area contributed by atoms with E-state index >= 15 is 0 Å². The summed E-state index contributed by atoms with van der Waals surface area (Å²) in [7, 11) is 0. The zero-order chi connectivity index (χ0) is 7.99. The van der Waals surface area contributed by atoms with E-state index in [2.05, 4.69) is 0 Å². The Morgan fingerprint density at radius 3 is 1.80 bits per heavy atom. The molecule has 0 unspecified atom stereocenters. The maximum absolute atomic E-state index is 12.4. The Morgan fingerprint density at radius 1 is 1.30 bits per heavy atom. The van der Waals surface area contributed by atoms with Gasteiger partial charge in [-0.05, 0) is 0 Å². The Morgan fingerprint density at radius 2 is 1.70 bits per heavy atom. The van der Waals surface area contributed by atoms with Crippen LogP contribution in [0.15, 0.2) is 0 Å². The summed E-state index contributed by atoms with van der Waals surface area (Å²) in [4.78, 5) is 9.88. The number of carbonyl (C=O) groups is 1. The number of rotatable bonds is 1. The monoisotopic (exact) mass is 154 g/mol. The fraction of sp³-hybridized carbons (Fsp3) is 0.800. The molecular formula is C5H5F3O2. The molecule has 0 aromatic carbocycles. The minimum atomic E-state index is -3.12. The molecule has 0 aliphatic heterocycles. The largest absolute Gasteiger partial charge is 0.479 e. The van der Waals surface area contributed by atoms with Crippen LogP contribution in [0.25, 0.3) is 0 Å². The van der Waals surface area contributed by atoms with Crippen molar-refractivity contribution in [2.45, 2.75) is 24.4 Å². The van der Waals surface area contributed by atoms with E-state index in [0.29, 0.717) is 0 Å². The first-order chi connectivity index (χ1) is 4.36. The van der Waals surface area contributed by atoms with Crippen molar-refractivity contribution >= 4 is 5.97 Å². The molecular weight excluding hydrogens is 149 g/mol. The van der Waals surface area contributed by atoms with Gasteiger partial charge < -0.3 is 5.11 Å². The normalized spacial score (nSPS) is 27.1. The highest BCUT2D eigenvalue weighted by Crippen LogP contribution is 2.48. The van der Waals surface area contributed by atoms with Gasteiger partial charge in [-0.3, -0.25) is 0 Å². The summed E-state index contributed by atoms with van der Waals surface area (Å²) in [5, 5.41) is 8.02. The number of halogens is 3. The van der Waals surface area contributed by atoms with E-state index < -0.39 is 30.4 Å². The Bertz CT molecular complexity index is 170. The van der Waals surface area contributed by atoms with Crippen LogP contribution in [-0.2, 0) is 4.79 Å². The highest BCUT2D eigenvalue weighted by Gasteiger charge is 2.62. The van der Waals surface area contributed by atoms with Gasteiger partial charge in [-0.1, -0.05) is 0 Å². The van der Waals surface area contributed by atoms with E-state index in [0.717, 1.165) is 0 Å². The number of hydrogen-bond acceptors (Lipinski definition) is 1. The lowest BCUT2D eigenvalue weighted by atomic mass is 9.78. The van der Waals surface area contributed by atoms with E-state index in [1.807, 2.05) is 0 Å². The smallest absolute Gasteiger partial charge is 0.341 e. The molecule has 0 atom stereocenters. The van der Waals surface area contributed by atoms with Crippen LogP contribution in [0.3, 0.4) is 0 Å². The zero-order valence-corrected chi connectivity index (χ0v) is 4.90. The molecule has 1 aliphatic carbocycles. The Kier molecular flexibility index (Phi) is 1.21. The molecule has 58 valence electrons. The average Bonchev–Trinajstić information content (AvgIpc) is 1.59. The van der Waals surface area contributed by atoms with Crippen LogP contribution in [-0.4, -0.2) is 22.7 Å². The van der Waals surface area contributed by atoms with Crippen molar-refractivity contribution in [1.82, 2.24) is 0 Å². The van der Waals surface area contributed by atoms with Gasteiger partial charge in [0.05, 0.1) is 12.8 Å². The van der Waals surface area contributed by atoms with E-state index in [1.165, 1.54) is 0 Å². The lowest BCUT2D eigenvalue weighted by Gasteiger charge is -2.37. The van der Waals surface area contributed by atoms with Crippen LogP contribution in [0.2, 0.25) is 0 Å². The highest BCUT2D eigenvalue weighted by molar-refractivity contribution is 5.79. The summed E-state index contributed by atoms with van der Waals surface area (Å²) in [6.07, 6.45) is -2.37. The maximum Gasteiger partial charge on any atom is 0.341 e. The minimum Gasteiger partial charge on any atom is -0.479 e. The van der Waals surface area contributed by atoms with Crippen LogP contribution in [0, 0.1) is 0 Å². The van der Waals surface area contributed by atoms with Crippen LogP contribution in [0.5, 0.6) is 0 Å². The first-order valence-corrected chi connectivity index (χ1v) is 2.66. The predicted octanol–water partition coefficient (Wildman–Crippen LogP) is 1.21. The molecule has 2 nitrogen and oxygen atoms in total. The maximum atomic E-state index is 12.4. The second-order valence-electron chi connectivity index (χ2n) is 2.48. The van der Waals surface area contributed by atoms with Gasteiger partial charge >= 0.3 is 5.97 Å². The highest BCUT2D eigenvalue weighted by atomic mass is 19.3. The van der Waals surface area contributed by atoms with Gasteiger partial charge in [-0.15, -0.1) is 0 Å². The zero-order valence-electron chi connectivity index (χ0n) is 4.90. The summed E-state index contributed by atoms with van der Waals surface area (Å²) in [5.74, 6) is -4.91. The SMILES string of the molecule is O=C(O)C1(F)CC(F)(F)C1. The third kappa shape index (κ3) is 0.955. The van der Waals surface area contributed by atoms with E-state index in [9.17, 15) is 18.0 Å². The summed E-state index contributed by atoms with van der Waals surface area (Å²) < 4.78 is 36.2. The fourth-order valence-electron chi connectivity index (χ4n) is 0.919. The fourth-order valence-corrected chi connectivity index (χ4v) is 0.919. The first-order valence-electron chi connectivity index (χ1n) is 2.66. The number of carboxylic acids is 1. The molecule has 0 saturated heterocycles. The van der Waals surface area contributed by atoms with Crippen molar-refractivity contribution < 1.29 is 23.1 Å². The third-order valence-corrected chi connectivity index (χ3v) is 1.46. The number of aliphatic carboxylic acids is 1. The summed E-state index contributed by atoms with van der Waals surface area (Å²) in [6.45, 7) is 0. The molecule has 0 radical (unpaired) electrons. The van der Waals surface area contributed by atoms with E-state index in [-0.39, 0.29) is 0 Å². The van der Waals surface area contributed by atoms with Crippen molar-refractivity contribution in [3.8, 4) is 0 Å². The minimum absolute atomic E-state index is 1.19. The second-order valence-corrected chi connectivity index (χ2v) is 2.48. The van der Waals surface area contributed by atoms with Crippen LogP contribution in [0.4, 0.5) is 13.2 Å². The topological polar surface area (TPSA) is 37.3 Å². The molecule has 10 heavy (non-hydrogen) atoms. The molecule has 0 amide bonds. The molecule has 1 N–H and O–H groups in total. The van der Waals surface area contributed by atoms with Crippen molar-refractivity contribution in [2.75, 3.05) is 0 Å².